The number of aryl methyl sites for hydroxylation is 1. The molecule has 0 radical (unpaired) electrons. The smallest absolute Gasteiger partial charge is 0.253 e. The van der Waals surface area contributed by atoms with E-state index in [1.807, 2.05) is 95.3 Å². The Morgan fingerprint density at radius 3 is 2.30 bits per heavy atom. The summed E-state index contributed by atoms with van der Waals surface area (Å²) in [5.41, 5.74) is -0.526. The SMILES string of the molecule is CCOc1ccc(N2CC=C[C@]3(CC)O[C@]45C=CCN(c6c(C)cccc6Cl)C(=O)C4N([C@@H](CO)CC(C)C)C(=O)[C@@H]5[C@@H]3C2=O)cc1. The second-order valence-electron chi connectivity index (χ2n) is 13.4. The molecule has 2 saturated heterocycles. The van der Waals surface area contributed by atoms with Crippen molar-refractivity contribution in [3.63, 3.8) is 0 Å². The van der Waals surface area contributed by atoms with Gasteiger partial charge < -0.3 is 29.3 Å². The number of benzene rings is 2. The lowest BCUT2D eigenvalue weighted by Gasteiger charge is -2.41. The predicted octanol–water partition coefficient (Wildman–Crippen LogP) is 5.32. The number of rotatable bonds is 9. The number of likely N-dealkylation sites (tertiary alicyclic amines) is 1. The van der Waals surface area contributed by atoms with E-state index in [0.717, 1.165) is 5.56 Å². The standard InChI is InChI=1S/C37H44ClN3O6/c1-6-36-17-9-19-39(25-13-15-27(16-14-25)46-7-2)33(43)29(36)30-34(44)41(26(22-42)21-23(3)4)32-35(45)40(20-10-18-37(30,32)47-36)31-24(5)11-8-12-28(31)38/h8-18,23,26,29-30,32,42H,6-7,19-22H2,1-5H3/t26-,29-,30+,32?,36+,37+/m1/s1. The summed E-state index contributed by atoms with van der Waals surface area (Å²) >= 11 is 6.70. The van der Waals surface area contributed by atoms with Gasteiger partial charge in [0.05, 0.1) is 47.4 Å². The molecule has 0 saturated carbocycles. The van der Waals surface area contributed by atoms with Gasteiger partial charge in [0.25, 0.3) is 5.91 Å². The first-order valence-electron chi connectivity index (χ1n) is 16.6. The zero-order valence-corrected chi connectivity index (χ0v) is 28.4. The Morgan fingerprint density at radius 2 is 1.66 bits per heavy atom. The number of ether oxygens (including phenoxy) is 2. The minimum Gasteiger partial charge on any atom is -0.494 e. The van der Waals surface area contributed by atoms with Crippen LogP contribution in [-0.2, 0) is 19.1 Å². The van der Waals surface area contributed by atoms with Gasteiger partial charge in [-0.1, -0.05) is 68.8 Å². The van der Waals surface area contributed by atoms with Gasteiger partial charge in [0.15, 0.2) is 0 Å². The van der Waals surface area contributed by atoms with Crippen molar-refractivity contribution in [2.75, 3.05) is 36.1 Å². The van der Waals surface area contributed by atoms with Crippen molar-refractivity contribution in [3.8, 4) is 5.75 Å². The molecule has 0 aromatic heterocycles. The molecule has 6 rings (SSSR count). The lowest BCUT2D eigenvalue weighted by molar-refractivity contribution is -0.149. The van der Waals surface area contributed by atoms with Crippen molar-refractivity contribution < 1.29 is 29.0 Å². The Hall–Kier alpha value is -3.66. The van der Waals surface area contributed by atoms with Crippen LogP contribution in [0.2, 0.25) is 5.02 Å². The van der Waals surface area contributed by atoms with Gasteiger partial charge in [-0.25, -0.2) is 0 Å². The highest BCUT2D eigenvalue weighted by atomic mass is 35.5. The highest BCUT2D eigenvalue weighted by molar-refractivity contribution is 6.34. The van der Waals surface area contributed by atoms with Gasteiger partial charge in [0.2, 0.25) is 11.8 Å². The van der Waals surface area contributed by atoms with Crippen molar-refractivity contribution in [2.24, 2.45) is 17.8 Å². The molecule has 4 heterocycles. The topological polar surface area (TPSA) is 99.6 Å². The highest BCUT2D eigenvalue weighted by Gasteiger charge is 2.76. The molecule has 2 aromatic rings. The largest absolute Gasteiger partial charge is 0.494 e. The predicted molar refractivity (Wildman–Crippen MR) is 182 cm³/mol. The molecule has 0 bridgehead atoms. The fourth-order valence-electron chi connectivity index (χ4n) is 8.20. The summed E-state index contributed by atoms with van der Waals surface area (Å²) in [6, 6.07) is 11.0. The van der Waals surface area contributed by atoms with Crippen LogP contribution in [0.1, 0.15) is 46.1 Å². The molecule has 2 aromatic carbocycles. The van der Waals surface area contributed by atoms with Gasteiger partial charge in [0, 0.05) is 18.8 Å². The molecule has 4 aliphatic heterocycles. The van der Waals surface area contributed by atoms with E-state index in [0.29, 0.717) is 48.1 Å². The number of carbonyl (C=O) groups is 3. The number of aliphatic hydroxyl groups is 1. The molecule has 2 fully saturated rings. The number of aliphatic hydroxyl groups excluding tert-OH is 1. The maximum Gasteiger partial charge on any atom is 0.253 e. The zero-order chi connectivity index (χ0) is 33.7. The first kappa shape index (κ1) is 33.2. The van der Waals surface area contributed by atoms with Crippen LogP contribution in [-0.4, -0.2) is 77.3 Å². The Bertz CT molecular complexity index is 1590. The fourth-order valence-corrected chi connectivity index (χ4v) is 8.52. The third-order valence-corrected chi connectivity index (χ3v) is 10.4. The average Bonchev–Trinajstić information content (AvgIpc) is 3.34. The van der Waals surface area contributed by atoms with E-state index in [1.165, 1.54) is 4.90 Å². The number of halogens is 1. The molecule has 47 heavy (non-hydrogen) atoms. The normalized spacial score (nSPS) is 29.1. The van der Waals surface area contributed by atoms with Crippen LogP contribution in [0.15, 0.2) is 66.8 Å². The van der Waals surface area contributed by atoms with E-state index in [4.69, 9.17) is 21.1 Å². The number of para-hydroxylation sites is 1. The quantitative estimate of drug-likeness (QED) is 0.365. The van der Waals surface area contributed by atoms with Crippen LogP contribution in [0.4, 0.5) is 11.4 Å². The summed E-state index contributed by atoms with van der Waals surface area (Å²) < 4.78 is 12.8. The second kappa shape index (κ2) is 12.7. The zero-order valence-electron chi connectivity index (χ0n) is 27.7. The molecule has 250 valence electrons. The maximum absolute atomic E-state index is 15.0. The van der Waals surface area contributed by atoms with Crippen molar-refractivity contribution in [1.82, 2.24) is 4.90 Å². The number of nitrogens with zero attached hydrogens (tertiary/aromatic N) is 3. The third-order valence-electron chi connectivity index (χ3n) is 10.1. The van der Waals surface area contributed by atoms with E-state index in [9.17, 15) is 19.5 Å². The summed E-state index contributed by atoms with van der Waals surface area (Å²) in [5, 5.41) is 11.1. The van der Waals surface area contributed by atoms with E-state index in [-0.39, 0.29) is 36.8 Å². The van der Waals surface area contributed by atoms with E-state index in [1.54, 1.807) is 15.9 Å². The molecule has 1 spiro atoms. The van der Waals surface area contributed by atoms with Crippen LogP contribution < -0.4 is 14.5 Å². The van der Waals surface area contributed by atoms with Crippen molar-refractivity contribution in [2.45, 2.75) is 70.7 Å². The number of fused-ring (bicyclic) bond motifs is 2. The first-order chi connectivity index (χ1) is 22.5. The average molecular weight is 662 g/mol. The van der Waals surface area contributed by atoms with Gasteiger partial charge >= 0.3 is 0 Å². The van der Waals surface area contributed by atoms with Gasteiger partial charge in [-0.2, -0.15) is 0 Å². The van der Waals surface area contributed by atoms with Gasteiger partial charge in [-0.15, -0.1) is 0 Å². The molecule has 1 N–H and O–H groups in total. The lowest BCUT2D eigenvalue weighted by atomic mass is 9.73. The number of anilines is 2. The third kappa shape index (κ3) is 5.27. The molecule has 0 aliphatic carbocycles. The monoisotopic (exact) mass is 661 g/mol. The fraction of sp³-hybridized carbons (Fsp3) is 0.486. The van der Waals surface area contributed by atoms with Crippen LogP contribution in [0.5, 0.6) is 5.75 Å². The lowest BCUT2D eigenvalue weighted by Crippen LogP contribution is -2.59. The van der Waals surface area contributed by atoms with Crippen LogP contribution in [0.3, 0.4) is 0 Å². The number of carbonyl (C=O) groups excluding carboxylic acids is 3. The maximum atomic E-state index is 15.0. The van der Waals surface area contributed by atoms with E-state index >= 15 is 0 Å². The minimum atomic E-state index is -1.45. The molecule has 10 heteroatoms. The molecule has 9 nitrogen and oxygen atoms in total. The number of hydrogen-bond acceptors (Lipinski definition) is 6. The van der Waals surface area contributed by atoms with Gasteiger partial charge in [-0.05, 0) is 68.5 Å². The molecular weight excluding hydrogens is 618 g/mol. The van der Waals surface area contributed by atoms with E-state index < -0.39 is 35.1 Å². The van der Waals surface area contributed by atoms with Crippen molar-refractivity contribution in [1.29, 1.82) is 0 Å². The molecule has 3 amide bonds. The van der Waals surface area contributed by atoms with E-state index in [2.05, 4.69) is 0 Å². The first-order valence-corrected chi connectivity index (χ1v) is 17.0. The second-order valence-corrected chi connectivity index (χ2v) is 13.8. The number of amides is 3. The Kier molecular flexibility index (Phi) is 9.02. The Balaban J connectivity index is 1.50. The Labute approximate surface area is 281 Å². The molecule has 6 atom stereocenters. The van der Waals surface area contributed by atoms with Gasteiger partial charge in [-0.3, -0.25) is 14.4 Å². The van der Waals surface area contributed by atoms with Crippen LogP contribution >= 0.6 is 11.6 Å². The summed E-state index contributed by atoms with van der Waals surface area (Å²) in [4.78, 5) is 49.7. The number of hydrogen-bond donors (Lipinski definition) is 1. The van der Waals surface area contributed by atoms with Crippen LogP contribution in [0.25, 0.3) is 0 Å². The summed E-state index contributed by atoms with van der Waals surface area (Å²) in [5.74, 6) is -2.05. The molecular formula is C37H44ClN3O6. The summed E-state index contributed by atoms with van der Waals surface area (Å²) in [7, 11) is 0. The summed E-state index contributed by atoms with van der Waals surface area (Å²) in [6.07, 6.45) is 8.42. The van der Waals surface area contributed by atoms with Crippen LogP contribution in [0, 0.1) is 24.7 Å². The highest BCUT2D eigenvalue weighted by Crippen LogP contribution is 2.59. The van der Waals surface area contributed by atoms with Gasteiger partial charge in [0.1, 0.15) is 17.4 Å². The van der Waals surface area contributed by atoms with Crippen molar-refractivity contribution in [3.05, 3.63) is 77.4 Å². The molecule has 1 unspecified atom stereocenters. The Morgan fingerprint density at radius 1 is 0.957 bits per heavy atom. The molecule has 4 aliphatic rings. The van der Waals surface area contributed by atoms with Crippen molar-refractivity contribution >= 4 is 40.7 Å². The minimum absolute atomic E-state index is 0.128. The summed E-state index contributed by atoms with van der Waals surface area (Å²) in [6.45, 7) is 10.5.